The molecular formula is C23H26N6O2. The van der Waals surface area contributed by atoms with E-state index in [0.717, 1.165) is 22.9 Å². The van der Waals surface area contributed by atoms with Crippen molar-refractivity contribution < 1.29 is 9.53 Å². The van der Waals surface area contributed by atoms with E-state index in [1.165, 1.54) is 0 Å². The van der Waals surface area contributed by atoms with Gasteiger partial charge in [0.1, 0.15) is 29.0 Å². The van der Waals surface area contributed by atoms with Gasteiger partial charge in [-0.05, 0) is 43.7 Å². The van der Waals surface area contributed by atoms with E-state index in [1.54, 1.807) is 6.20 Å². The van der Waals surface area contributed by atoms with Crippen LogP contribution in [-0.4, -0.2) is 58.5 Å². The number of ether oxygens (including phenoxy) is 1. The van der Waals surface area contributed by atoms with Gasteiger partial charge in [-0.15, -0.1) is 0 Å². The summed E-state index contributed by atoms with van der Waals surface area (Å²) in [5, 5.41) is 3.22. The van der Waals surface area contributed by atoms with Gasteiger partial charge in [-0.1, -0.05) is 18.2 Å². The molecule has 1 N–H and O–H groups in total. The summed E-state index contributed by atoms with van der Waals surface area (Å²) in [6.45, 7) is 6.58. The van der Waals surface area contributed by atoms with Crippen molar-refractivity contribution in [1.82, 2.24) is 19.9 Å². The van der Waals surface area contributed by atoms with Gasteiger partial charge in [0, 0.05) is 38.4 Å². The Morgan fingerprint density at radius 3 is 2.58 bits per heavy atom. The Labute approximate surface area is 181 Å². The van der Waals surface area contributed by atoms with Crippen molar-refractivity contribution in [2.45, 2.75) is 13.8 Å². The summed E-state index contributed by atoms with van der Waals surface area (Å²) in [7, 11) is 0. The van der Waals surface area contributed by atoms with Gasteiger partial charge < -0.3 is 19.9 Å². The molecule has 1 fully saturated rings. The zero-order chi connectivity index (χ0) is 21.6. The molecule has 0 saturated carbocycles. The van der Waals surface area contributed by atoms with Crippen LogP contribution >= 0.6 is 0 Å². The molecule has 0 spiro atoms. The first-order valence-corrected chi connectivity index (χ1v) is 10.3. The molecule has 8 nitrogen and oxygen atoms in total. The molecule has 160 valence electrons. The van der Waals surface area contributed by atoms with Gasteiger partial charge in [-0.25, -0.2) is 15.0 Å². The summed E-state index contributed by atoms with van der Waals surface area (Å²) < 4.78 is 5.66. The number of hydrogen-bond donors (Lipinski definition) is 1. The van der Waals surface area contributed by atoms with E-state index in [9.17, 15) is 4.79 Å². The lowest BCUT2D eigenvalue weighted by Gasteiger charge is -2.35. The number of aryl methyl sites for hydroxylation is 2. The zero-order valence-electron chi connectivity index (χ0n) is 17.8. The number of amides is 1. The molecule has 1 aromatic carbocycles. The predicted molar refractivity (Wildman–Crippen MR) is 120 cm³/mol. The third kappa shape index (κ3) is 5.48. The second kappa shape index (κ2) is 9.42. The lowest BCUT2D eigenvalue weighted by Crippen LogP contribution is -2.50. The van der Waals surface area contributed by atoms with E-state index < -0.39 is 0 Å². The van der Waals surface area contributed by atoms with Crippen molar-refractivity contribution in [2.24, 2.45) is 0 Å². The molecule has 1 amide bonds. The average Bonchev–Trinajstić information content (AvgIpc) is 2.78. The molecule has 0 unspecified atom stereocenters. The second-order valence-electron chi connectivity index (χ2n) is 7.47. The predicted octanol–water partition coefficient (Wildman–Crippen LogP) is 2.96. The molecule has 0 aliphatic carbocycles. The van der Waals surface area contributed by atoms with Crippen molar-refractivity contribution in [1.29, 1.82) is 0 Å². The molecule has 3 heterocycles. The van der Waals surface area contributed by atoms with Gasteiger partial charge in [0.05, 0.1) is 0 Å². The number of benzene rings is 1. The maximum atomic E-state index is 12.6. The Morgan fingerprint density at radius 1 is 1.00 bits per heavy atom. The molecule has 0 radical (unpaired) electrons. The molecule has 3 aromatic rings. The van der Waals surface area contributed by atoms with Crippen LogP contribution in [0.2, 0.25) is 0 Å². The fourth-order valence-corrected chi connectivity index (χ4v) is 3.47. The van der Waals surface area contributed by atoms with Crippen molar-refractivity contribution in [3.8, 4) is 5.75 Å². The average molecular weight is 419 g/mol. The lowest BCUT2D eigenvalue weighted by molar-refractivity contribution is -0.133. The van der Waals surface area contributed by atoms with E-state index in [1.807, 2.05) is 67.3 Å². The number of nitrogens with zero attached hydrogens (tertiary/aromatic N) is 5. The highest BCUT2D eigenvalue weighted by Gasteiger charge is 2.23. The third-order valence-corrected chi connectivity index (χ3v) is 5.05. The van der Waals surface area contributed by atoms with Gasteiger partial charge in [0.2, 0.25) is 0 Å². The van der Waals surface area contributed by atoms with Crippen molar-refractivity contribution in [2.75, 3.05) is 43.0 Å². The molecule has 4 rings (SSSR count). The Kier molecular flexibility index (Phi) is 6.26. The Bertz CT molecular complexity index is 1040. The number of nitrogens with one attached hydrogen (secondary N) is 1. The molecule has 1 aliphatic rings. The molecule has 8 heteroatoms. The van der Waals surface area contributed by atoms with Gasteiger partial charge in [-0.3, -0.25) is 4.79 Å². The number of hydrogen-bond acceptors (Lipinski definition) is 7. The molecule has 31 heavy (non-hydrogen) atoms. The maximum absolute atomic E-state index is 12.6. The topological polar surface area (TPSA) is 83.5 Å². The monoisotopic (exact) mass is 418 g/mol. The summed E-state index contributed by atoms with van der Waals surface area (Å²) in [5.74, 6) is 3.67. The molecule has 2 aromatic heterocycles. The van der Waals surface area contributed by atoms with Crippen molar-refractivity contribution in [3.05, 3.63) is 66.1 Å². The first kappa shape index (κ1) is 20.6. The van der Waals surface area contributed by atoms with Gasteiger partial charge in [0.15, 0.2) is 6.61 Å². The first-order valence-electron chi connectivity index (χ1n) is 10.3. The quantitative estimate of drug-likeness (QED) is 0.659. The fourth-order valence-electron chi connectivity index (χ4n) is 3.47. The van der Waals surface area contributed by atoms with Crippen LogP contribution in [0.25, 0.3) is 0 Å². The summed E-state index contributed by atoms with van der Waals surface area (Å²) >= 11 is 0. The minimum absolute atomic E-state index is 0.00229. The number of piperazine rings is 1. The summed E-state index contributed by atoms with van der Waals surface area (Å²) in [5.41, 5.74) is 1.11. The van der Waals surface area contributed by atoms with E-state index in [2.05, 4.69) is 25.2 Å². The number of carbonyl (C=O) groups excluding carboxylic acids is 1. The minimum Gasteiger partial charge on any atom is -0.484 e. The highest BCUT2D eigenvalue weighted by atomic mass is 16.5. The highest BCUT2D eigenvalue weighted by Crippen LogP contribution is 2.20. The maximum Gasteiger partial charge on any atom is 0.260 e. The van der Waals surface area contributed by atoms with Gasteiger partial charge in [0.25, 0.3) is 5.91 Å². The largest absolute Gasteiger partial charge is 0.484 e. The van der Waals surface area contributed by atoms with Gasteiger partial charge in [-0.2, -0.15) is 0 Å². The zero-order valence-corrected chi connectivity index (χ0v) is 17.8. The third-order valence-electron chi connectivity index (χ3n) is 5.05. The summed E-state index contributed by atoms with van der Waals surface area (Å²) in [4.78, 5) is 29.9. The van der Waals surface area contributed by atoms with Crippen molar-refractivity contribution in [3.63, 3.8) is 0 Å². The van der Waals surface area contributed by atoms with Crippen LogP contribution < -0.4 is 15.0 Å². The molecule has 1 aliphatic heterocycles. The number of anilines is 3. The Morgan fingerprint density at radius 2 is 1.84 bits per heavy atom. The molecule has 0 atom stereocenters. The van der Waals surface area contributed by atoms with Crippen LogP contribution in [0.4, 0.5) is 17.5 Å². The SMILES string of the molecule is Cc1cccc(OCC(=O)N2CCN(c3cc(Nc4ccccn4)nc(C)n3)CC2)c1. The van der Waals surface area contributed by atoms with Crippen LogP contribution in [0.15, 0.2) is 54.7 Å². The number of aromatic nitrogens is 3. The summed E-state index contributed by atoms with van der Waals surface area (Å²) in [6.07, 6.45) is 1.73. The lowest BCUT2D eigenvalue weighted by atomic mass is 10.2. The van der Waals surface area contributed by atoms with E-state index in [4.69, 9.17) is 4.74 Å². The highest BCUT2D eigenvalue weighted by molar-refractivity contribution is 5.78. The minimum atomic E-state index is -0.00229. The Balaban J connectivity index is 1.33. The van der Waals surface area contributed by atoms with Crippen LogP contribution in [-0.2, 0) is 4.79 Å². The van der Waals surface area contributed by atoms with Crippen molar-refractivity contribution >= 4 is 23.4 Å². The normalized spacial score (nSPS) is 13.7. The smallest absolute Gasteiger partial charge is 0.260 e. The molecule has 0 bridgehead atoms. The molecular weight excluding hydrogens is 392 g/mol. The number of carbonyl (C=O) groups is 1. The van der Waals surface area contributed by atoms with E-state index >= 15 is 0 Å². The second-order valence-corrected chi connectivity index (χ2v) is 7.47. The van der Waals surface area contributed by atoms with Crippen LogP contribution in [0.5, 0.6) is 5.75 Å². The molecule has 1 saturated heterocycles. The first-order chi connectivity index (χ1) is 15.1. The van der Waals surface area contributed by atoms with Crippen LogP contribution in [0.3, 0.4) is 0 Å². The Hall–Kier alpha value is -3.68. The van der Waals surface area contributed by atoms with Gasteiger partial charge >= 0.3 is 0 Å². The number of pyridine rings is 1. The van der Waals surface area contributed by atoms with E-state index in [0.29, 0.717) is 37.8 Å². The summed E-state index contributed by atoms with van der Waals surface area (Å²) in [6, 6.07) is 15.3. The fraction of sp³-hybridized carbons (Fsp3) is 0.304. The number of rotatable bonds is 6. The van der Waals surface area contributed by atoms with Crippen LogP contribution in [0.1, 0.15) is 11.4 Å². The standard InChI is InChI=1S/C23H26N6O2/c1-17-6-5-7-19(14-17)31-16-23(30)29-12-10-28(11-13-29)22-15-21(25-18(2)26-22)27-20-8-3-4-9-24-20/h3-9,14-15H,10-13,16H2,1-2H3,(H,24,25,26,27). The van der Waals surface area contributed by atoms with Crippen LogP contribution in [0, 0.1) is 13.8 Å². The van der Waals surface area contributed by atoms with E-state index in [-0.39, 0.29) is 12.5 Å².